The number of benzene rings is 1. The van der Waals surface area contributed by atoms with Crippen molar-refractivity contribution in [2.45, 2.75) is 45.3 Å². The van der Waals surface area contributed by atoms with E-state index >= 15 is 0 Å². The Morgan fingerprint density at radius 2 is 1.86 bits per heavy atom. The molecule has 0 radical (unpaired) electrons. The monoisotopic (exact) mass is 405 g/mol. The van der Waals surface area contributed by atoms with Crippen LogP contribution in [0.4, 0.5) is 0 Å². The maximum Gasteiger partial charge on any atom is 0.239 e. The summed E-state index contributed by atoms with van der Waals surface area (Å²) in [6.07, 6.45) is 1.01. The van der Waals surface area contributed by atoms with Crippen LogP contribution in [0, 0.1) is 0 Å². The number of methoxy groups -OCH3 is 2. The van der Waals surface area contributed by atoms with Crippen molar-refractivity contribution in [3.8, 4) is 11.5 Å². The highest BCUT2D eigenvalue weighted by molar-refractivity contribution is 5.86. The number of carbonyl (C=O) groups is 1. The van der Waals surface area contributed by atoms with Gasteiger partial charge in [-0.05, 0) is 44.9 Å². The van der Waals surface area contributed by atoms with Gasteiger partial charge in [-0.15, -0.1) is 0 Å². The first kappa shape index (κ1) is 22.8. The van der Waals surface area contributed by atoms with Crippen molar-refractivity contribution in [2.75, 3.05) is 40.9 Å². The van der Waals surface area contributed by atoms with Gasteiger partial charge in [-0.3, -0.25) is 14.7 Å². The van der Waals surface area contributed by atoms with Gasteiger partial charge in [0.1, 0.15) is 11.5 Å². The van der Waals surface area contributed by atoms with Crippen molar-refractivity contribution in [1.29, 1.82) is 0 Å². The predicted molar refractivity (Wildman–Crippen MR) is 116 cm³/mol. The van der Waals surface area contributed by atoms with E-state index in [0.717, 1.165) is 43.1 Å². The maximum absolute atomic E-state index is 12.0. The molecule has 8 nitrogen and oxygen atoms in total. The predicted octanol–water partition coefficient (Wildman–Crippen LogP) is 1.36. The first-order valence-electron chi connectivity index (χ1n) is 9.95. The Kier molecular flexibility index (Phi) is 8.13. The average molecular weight is 406 g/mol. The number of ether oxygens (including phenoxy) is 2. The summed E-state index contributed by atoms with van der Waals surface area (Å²) in [7, 11) is 5.04. The molecule has 2 rings (SSSR count). The number of carbonyl (C=O) groups excluding carboxylic acids is 1. The average Bonchev–Trinajstić information content (AvgIpc) is 3.10. The van der Waals surface area contributed by atoms with E-state index in [1.54, 1.807) is 21.3 Å². The molecule has 1 aliphatic rings. The summed E-state index contributed by atoms with van der Waals surface area (Å²) < 4.78 is 10.7. The number of guanidine groups is 1. The molecular weight excluding hydrogens is 370 g/mol. The van der Waals surface area contributed by atoms with Crippen LogP contribution in [-0.4, -0.2) is 69.2 Å². The van der Waals surface area contributed by atoms with E-state index < -0.39 is 0 Å². The van der Waals surface area contributed by atoms with E-state index in [2.05, 4.69) is 25.8 Å². The van der Waals surface area contributed by atoms with Crippen molar-refractivity contribution in [2.24, 2.45) is 4.99 Å². The zero-order chi connectivity index (χ0) is 21.4. The third-order valence-electron chi connectivity index (χ3n) is 4.59. The number of hydrogen-bond donors (Lipinski definition) is 3. The summed E-state index contributed by atoms with van der Waals surface area (Å²) in [4.78, 5) is 18.6. The molecule has 1 aromatic carbocycles. The van der Waals surface area contributed by atoms with Crippen LogP contribution in [0.5, 0.6) is 11.5 Å². The lowest BCUT2D eigenvalue weighted by Gasteiger charge is -2.22. The maximum atomic E-state index is 12.0. The molecule has 0 aliphatic carbocycles. The summed E-state index contributed by atoms with van der Waals surface area (Å²) in [5.74, 6) is 2.18. The van der Waals surface area contributed by atoms with Crippen LogP contribution in [0.1, 0.15) is 32.8 Å². The molecule has 3 N–H and O–H groups in total. The minimum Gasteiger partial charge on any atom is -0.497 e. The van der Waals surface area contributed by atoms with Crippen LogP contribution in [0.3, 0.4) is 0 Å². The summed E-state index contributed by atoms with van der Waals surface area (Å²) in [6, 6.07) is 6.23. The van der Waals surface area contributed by atoms with E-state index in [-0.39, 0.29) is 24.0 Å². The third-order valence-corrected chi connectivity index (χ3v) is 4.59. The van der Waals surface area contributed by atoms with Crippen LogP contribution in [0.2, 0.25) is 0 Å². The Morgan fingerprint density at radius 1 is 1.21 bits per heavy atom. The van der Waals surface area contributed by atoms with Crippen molar-refractivity contribution < 1.29 is 14.3 Å². The van der Waals surface area contributed by atoms with Gasteiger partial charge in [0.25, 0.3) is 0 Å². The quantitative estimate of drug-likeness (QED) is 0.469. The summed E-state index contributed by atoms with van der Waals surface area (Å²) in [5.41, 5.74) is 0.910. The molecule has 29 heavy (non-hydrogen) atoms. The zero-order valence-electron chi connectivity index (χ0n) is 18.5. The van der Waals surface area contributed by atoms with Crippen molar-refractivity contribution in [3.05, 3.63) is 23.8 Å². The van der Waals surface area contributed by atoms with Gasteiger partial charge < -0.3 is 25.4 Å². The Bertz CT molecular complexity index is 693. The van der Waals surface area contributed by atoms with Gasteiger partial charge in [0, 0.05) is 44.3 Å². The van der Waals surface area contributed by atoms with E-state index in [0.29, 0.717) is 5.96 Å². The summed E-state index contributed by atoms with van der Waals surface area (Å²) in [6.45, 7) is 8.78. The van der Waals surface area contributed by atoms with Crippen LogP contribution >= 0.6 is 0 Å². The van der Waals surface area contributed by atoms with Gasteiger partial charge >= 0.3 is 0 Å². The Labute approximate surface area is 174 Å². The summed E-state index contributed by atoms with van der Waals surface area (Å²) in [5, 5.41) is 9.43. The lowest BCUT2D eigenvalue weighted by Crippen LogP contribution is -2.50. The SMILES string of the molecule is CN=C(NCC(=O)NC(C)(C)C)NC1CCN(Cc2cc(OC)cc(OC)c2)C1. The van der Waals surface area contributed by atoms with Gasteiger partial charge in [-0.2, -0.15) is 0 Å². The van der Waals surface area contributed by atoms with E-state index in [1.807, 2.05) is 39.0 Å². The van der Waals surface area contributed by atoms with Crippen LogP contribution in [0.15, 0.2) is 23.2 Å². The number of likely N-dealkylation sites (tertiary alicyclic amines) is 1. The number of nitrogens with one attached hydrogen (secondary N) is 3. The highest BCUT2D eigenvalue weighted by Crippen LogP contribution is 2.24. The smallest absolute Gasteiger partial charge is 0.239 e. The first-order chi connectivity index (χ1) is 13.7. The Morgan fingerprint density at radius 3 is 2.41 bits per heavy atom. The normalized spacial score (nSPS) is 17.7. The highest BCUT2D eigenvalue weighted by Gasteiger charge is 2.24. The molecule has 0 aromatic heterocycles. The molecule has 0 saturated carbocycles. The van der Waals surface area contributed by atoms with Crippen LogP contribution < -0.4 is 25.4 Å². The second-order valence-corrected chi connectivity index (χ2v) is 8.31. The fourth-order valence-electron chi connectivity index (χ4n) is 3.32. The number of nitrogens with zero attached hydrogens (tertiary/aromatic N) is 2. The molecule has 1 aromatic rings. The number of rotatable bonds is 7. The second-order valence-electron chi connectivity index (χ2n) is 8.31. The Hall–Kier alpha value is -2.48. The molecule has 0 spiro atoms. The van der Waals surface area contributed by atoms with Crippen molar-refractivity contribution in [1.82, 2.24) is 20.9 Å². The van der Waals surface area contributed by atoms with E-state index in [9.17, 15) is 4.79 Å². The minimum atomic E-state index is -0.246. The third kappa shape index (κ3) is 7.81. The zero-order valence-corrected chi connectivity index (χ0v) is 18.5. The molecule has 8 heteroatoms. The van der Waals surface area contributed by atoms with E-state index in [4.69, 9.17) is 9.47 Å². The molecule has 1 fully saturated rings. The van der Waals surface area contributed by atoms with Crippen LogP contribution in [0.25, 0.3) is 0 Å². The van der Waals surface area contributed by atoms with Crippen molar-refractivity contribution >= 4 is 11.9 Å². The van der Waals surface area contributed by atoms with Crippen molar-refractivity contribution in [3.63, 3.8) is 0 Å². The molecule has 1 atom stereocenters. The molecule has 1 saturated heterocycles. The van der Waals surface area contributed by atoms with E-state index in [1.165, 1.54) is 0 Å². The lowest BCUT2D eigenvalue weighted by atomic mass is 10.1. The number of hydrogen-bond acceptors (Lipinski definition) is 5. The molecule has 162 valence electrons. The van der Waals surface area contributed by atoms with Crippen LogP contribution in [-0.2, 0) is 11.3 Å². The van der Waals surface area contributed by atoms with Gasteiger partial charge in [-0.1, -0.05) is 0 Å². The standard InChI is InChI=1S/C21H35N5O3/c1-21(2,3)25-19(27)12-23-20(22-4)24-16-7-8-26(14-16)13-15-9-17(28-5)11-18(10-15)29-6/h9-11,16H,7-8,12-14H2,1-6H3,(H,25,27)(H2,22,23,24). The molecular formula is C21H35N5O3. The minimum absolute atomic E-state index is 0.0551. The highest BCUT2D eigenvalue weighted by atomic mass is 16.5. The lowest BCUT2D eigenvalue weighted by molar-refractivity contribution is -0.121. The molecule has 1 unspecified atom stereocenters. The summed E-state index contributed by atoms with van der Waals surface area (Å²) >= 11 is 0. The topological polar surface area (TPSA) is 87.2 Å². The van der Waals surface area contributed by atoms with Gasteiger partial charge in [0.2, 0.25) is 5.91 Å². The van der Waals surface area contributed by atoms with Gasteiger partial charge in [0.05, 0.1) is 20.8 Å². The molecule has 1 heterocycles. The molecule has 1 aliphatic heterocycles. The largest absolute Gasteiger partial charge is 0.497 e. The second kappa shape index (κ2) is 10.3. The van der Waals surface area contributed by atoms with Gasteiger partial charge in [0.15, 0.2) is 5.96 Å². The number of aliphatic imine (C=N–C) groups is 1. The molecule has 1 amide bonds. The fraction of sp³-hybridized carbons (Fsp3) is 0.619. The fourth-order valence-corrected chi connectivity index (χ4v) is 3.32. The number of amides is 1. The molecule has 0 bridgehead atoms. The Balaban J connectivity index is 1.83. The van der Waals surface area contributed by atoms with Gasteiger partial charge in [-0.25, -0.2) is 0 Å². The first-order valence-corrected chi connectivity index (χ1v) is 9.95.